The van der Waals surface area contributed by atoms with Gasteiger partial charge in [-0.1, -0.05) is 22.0 Å². The van der Waals surface area contributed by atoms with Gasteiger partial charge in [0.2, 0.25) is 5.88 Å². The zero-order valence-electron chi connectivity index (χ0n) is 5.90. The summed E-state index contributed by atoms with van der Waals surface area (Å²) in [7, 11) is 0. The van der Waals surface area contributed by atoms with E-state index in [1.54, 1.807) is 11.2 Å². The van der Waals surface area contributed by atoms with Gasteiger partial charge in [0.05, 0.1) is 0 Å². The van der Waals surface area contributed by atoms with Gasteiger partial charge in [-0.3, -0.25) is 0 Å². The van der Waals surface area contributed by atoms with Crippen molar-refractivity contribution in [3.05, 3.63) is 35.5 Å². The quantitative estimate of drug-likeness (QED) is 0.770. The van der Waals surface area contributed by atoms with Crippen LogP contribution < -0.4 is 4.74 Å². The summed E-state index contributed by atoms with van der Waals surface area (Å²) in [6.07, 6.45) is 3.56. The van der Waals surface area contributed by atoms with Crippen molar-refractivity contribution in [1.82, 2.24) is 4.98 Å². The van der Waals surface area contributed by atoms with E-state index in [-0.39, 0.29) is 0 Å². The second-order valence-corrected chi connectivity index (χ2v) is 2.37. The van der Waals surface area contributed by atoms with Gasteiger partial charge in [-0.15, -0.1) is 0 Å². The molecule has 1 aromatic heterocycles. The predicted molar refractivity (Wildman–Crippen MR) is 47.8 cm³/mol. The van der Waals surface area contributed by atoms with Crippen LogP contribution >= 0.6 is 15.9 Å². The van der Waals surface area contributed by atoms with Crippen molar-refractivity contribution >= 4 is 15.9 Å². The van der Waals surface area contributed by atoms with E-state index in [2.05, 4.69) is 20.9 Å². The zero-order valence-corrected chi connectivity index (χ0v) is 7.49. The van der Waals surface area contributed by atoms with Gasteiger partial charge in [0.1, 0.15) is 6.61 Å². The van der Waals surface area contributed by atoms with Crippen molar-refractivity contribution in [2.24, 2.45) is 0 Å². The Labute approximate surface area is 74.0 Å². The van der Waals surface area contributed by atoms with Crippen LogP contribution in [-0.4, -0.2) is 11.6 Å². The van der Waals surface area contributed by atoms with Gasteiger partial charge in [-0.25, -0.2) is 4.98 Å². The standard InChI is InChI=1S/C8H8BrNO/c9-5-3-7-11-8-4-1-2-6-10-8/h1-6H,7H2/b5-3+. The fraction of sp³-hybridized carbons (Fsp3) is 0.125. The van der Waals surface area contributed by atoms with Gasteiger partial charge in [-0.05, 0) is 17.1 Å². The van der Waals surface area contributed by atoms with E-state index in [0.717, 1.165) is 0 Å². The van der Waals surface area contributed by atoms with Crippen LogP contribution in [0.15, 0.2) is 35.5 Å². The molecule has 0 atom stereocenters. The summed E-state index contributed by atoms with van der Waals surface area (Å²) >= 11 is 3.14. The molecule has 0 N–H and O–H groups in total. The first-order chi connectivity index (χ1) is 5.43. The average molecular weight is 214 g/mol. The second kappa shape index (κ2) is 4.91. The third-order valence-electron chi connectivity index (χ3n) is 1.05. The highest BCUT2D eigenvalue weighted by atomic mass is 79.9. The Morgan fingerprint density at radius 2 is 2.45 bits per heavy atom. The first-order valence-electron chi connectivity index (χ1n) is 3.22. The van der Waals surface area contributed by atoms with Gasteiger partial charge in [0.25, 0.3) is 0 Å². The maximum Gasteiger partial charge on any atom is 0.213 e. The molecule has 0 spiro atoms. The van der Waals surface area contributed by atoms with E-state index in [4.69, 9.17) is 4.74 Å². The molecule has 0 saturated carbocycles. The molecule has 2 nitrogen and oxygen atoms in total. The zero-order chi connectivity index (χ0) is 7.94. The van der Waals surface area contributed by atoms with Crippen molar-refractivity contribution in [1.29, 1.82) is 0 Å². The van der Waals surface area contributed by atoms with Crippen LogP contribution in [0.1, 0.15) is 0 Å². The Bertz CT molecular complexity index is 223. The summed E-state index contributed by atoms with van der Waals surface area (Å²) in [4.78, 5) is 5.74. The van der Waals surface area contributed by atoms with Gasteiger partial charge in [-0.2, -0.15) is 0 Å². The number of pyridine rings is 1. The van der Waals surface area contributed by atoms with Crippen LogP contribution in [0, 0.1) is 0 Å². The molecule has 0 aliphatic rings. The van der Waals surface area contributed by atoms with Crippen molar-refractivity contribution in [2.45, 2.75) is 0 Å². The molecule has 1 rings (SSSR count). The SMILES string of the molecule is Br/C=C/COc1ccccn1. The minimum Gasteiger partial charge on any atom is -0.473 e. The molecule has 0 unspecified atom stereocenters. The largest absolute Gasteiger partial charge is 0.473 e. The lowest BCUT2D eigenvalue weighted by molar-refractivity contribution is 0.348. The summed E-state index contributed by atoms with van der Waals surface area (Å²) < 4.78 is 5.22. The average Bonchev–Trinajstić information content (AvgIpc) is 2.07. The molecule has 0 saturated heterocycles. The van der Waals surface area contributed by atoms with Crippen LogP contribution in [0.25, 0.3) is 0 Å². The molecule has 58 valence electrons. The van der Waals surface area contributed by atoms with Gasteiger partial charge >= 0.3 is 0 Å². The number of hydrogen-bond acceptors (Lipinski definition) is 2. The molecular weight excluding hydrogens is 206 g/mol. The molecule has 3 heteroatoms. The van der Waals surface area contributed by atoms with Crippen molar-refractivity contribution in [3.63, 3.8) is 0 Å². The lowest BCUT2D eigenvalue weighted by atomic mass is 10.5. The fourth-order valence-electron chi connectivity index (χ4n) is 0.602. The molecule has 0 radical (unpaired) electrons. The molecule has 0 aromatic carbocycles. The third-order valence-corrected chi connectivity index (χ3v) is 1.43. The maximum atomic E-state index is 5.22. The summed E-state index contributed by atoms with van der Waals surface area (Å²) in [5, 5.41) is 0. The fourth-order valence-corrected chi connectivity index (χ4v) is 0.755. The number of aromatic nitrogens is 1. The van der Waals surface area contributed by atoms with E-state index in [1.165, 1.54) is 0 Å². The van der Waals surface area contributed by atoms with Crippen molar-refractivity contribution in [3.8, 4) is 5.88 Å². The van der Waals surface area contributed by atoms with Gasteiger partial charge < -0.3 is 4.74 Å². The number of nitrogens with zero attached hydrogens (tertiary/aromatic N) is 1. The molecule has 0 fully saturated rings. The topological polar surface area (TPSA) is 22.1 Å². The molecule has 11 heavy (non-hydrogen) atoms. The first-order valence-corrected chi connectivity index (χ1v) is 4.14. The monoisotopic (exact) mass is 213 g/mol. The Balaban J connectivity index is 2.39. The normalized spacial score (nSPS) is 10.3. The van der Waals surface area contributed by atoms with Crippen LogP contribution in [0.4, 0.5) is 0 Å². The maximum absolute atomic E-state index is 5.22. The van der Waals surface area contributed by atoms with Gasteiger partial charge in [0, 0.05) is 12.3 Å². The minimum atomic E-state index is 0.544. The van der Waals surface area contributed by atoms with E-state index in [9.17, 15) is 0 Å². The Hall–Kier alpha value is -0.830. The molecule has 1 heterocycles. The number of halogens is 1. The summed E-state index contributed by atoms with van der Waals surface area (Å²) in [5.74, 6) is 0.651. The Morgan fingerprint density at radius 1 is 1.55 bits per heavy atom. The first kappa shape index (κ1) is 8.27. The summed E-state index contributed by atoms with van der Waals surface area (Å²) in [6, 6.07) is 5.56. The van der Waals surface area contributed by atoms with E-state index in [1.807, 2.05) is 24.3 Å². The molecule has 1 aromatic rings. The molecule has 0 aliphatic heterocycles. The van der Waals surface area contributed by atoms with E-state index in [0.29, 0.717) is 12.5 Å². The summed E-state index contributed by atoms with van der Waals surface area (Å²) in [6.45, 7) is 0.544. The lowest BCUT2D eigenvalue weighted by Gasteiger charge is -1.98. The van der Waals surface area contributed by atoms with Gasteiger partial charge in [0.15, 0.2) is 0 Å². The number of ether oxygens (including phenoxy) is 1. The highest BCUT2D eigenvalue weighted by molar-refractivity contribution is 9.11. The molecule has 0 bridgehead atoms. The van der Waals surface area contributed by atoms with E-state index >= 15 is 0 Å². The lowest BCUT2D eigenvalue weighted by Crippen LogP contribution is -1.94. The summed E-state index contributed by atoms with van der Waals surface area (Å²) in [5.41, 5.74) is 0. The number of rotatable bonds is 3. The van der Waals surface area contributed by atoms with Crippen molar-refractivity contribution in [2.75, 3.05) is 6.61 Å². The van der Waals surface area contributed by atoms with Crippen molar-refractivity contribution < 1.29 is 4.74 Å². The number of hydrogen-bond donors (Lipinski definition) is 0. The molecular formula is C8H8BrNO. The smallest absolute Gasteiger partial charge is 0.213 e. The highest BCUT2D eigenvalue weighted by Gasteiger charge is 1.87. The Morgan fingerprint density at radius 3 is 3.09 bits per heavy atom. The van der Waals surface area contributed by atoms with Crippen LogP contribution in [0.5, 0.6) is 5.88 Å². The second-order valence-electron chi connectivity index (χ2n) is 1.84. The van der Waals surface area contributed by atoms with Crippen LogP contribution in [0.2, 0.25) is 0 Å². The van der Waals surface area contributed by atoms with Crippen LogP contribution in [-0.2, 0) is 0 Å². The molecule has 0 amide bonds. The molecule has 0 aliphatic carbocycles. The van der Waals surface area contributed by atoms with Crippen LogP contribution in [0.3, 0.4) is 0 Å². The van der Waals surface area contributed by atoms with E-state index < -0.39 is 0 Å². The predicted octanol–water partition coefficient (Wildman–Crippen LogP) is 2.37. The minimum absolute atomic E-state index is 0.544. The third kappa shape index (κ3) is 3.18. The highest BCUT2D eigenvalue weighted by Crippen LogP contribution is 2.02. The Kier molecular flexibility index (Phi) is 3.69.